The van der Waals surface area contributed by atoms with Crippen molar-refractivity contribution in [2.24, 2.45) is 0 Å². The predicted molar refractivity (Wildman–Crippen MR) is 220 cm³/mol. The lowest BCUT2D eigenvalue weighted by molar-refractivity contribution is 0.621. The Labute approximate surface area is 311 Å². The van der Waals surface area contributed by atoms with Gasteiger partial charge in [-0.15, -0.1) is 22.7 Å². The van der Waals surface area contributed by atoms with Gasteiger partial charge in [0.2, 0.25) is 5.89 Å². The van der Waals surface area contributed by atoms with Crippen LogP contribution in [0.5, 0.6) is 0 Å². The van der Waals surface area contributed by atoms with E-state index in [1.54, 1.807) is 11.3 Å². The fourth-order valence-electron chi connectivity index (χ4n) is 7.31. The SMILES string of the molecule is c1ccc(-c2nc(-c3ccc(-c4cccc5c4sc4ccccc45)cc3)nc(-c3cccc4sc5c(-c6nc7ccccc7o6)cccc5c34)n2)cc1. The van der Waals surface area contributed by atoms with Gasteiger partial charge in [-0.2, -0.15) is 0 Å². The van der Waals surface area contributed by atoms with Crippen LogP contribution in [0.25, 0.3) is 108 Å². The smallest absolute Gasteiger partial charge is 0.228 e. The minimum absolute atomic E-state index is 0.616. The first kappa shape index (κ1) is 30.1. The second-order valence-corrected chi connectivity index (χ2v) is 15.1. The molecule has 0 atom stereocenters. The van der Waals surface area contributed by atoms with Gasteiger partial charge < -0.3 is 4.42 Å². The van der Waals surface area contributed by atoms with Crippen LogP contribution in [0.3, 0.4) is 0 Å². The molecule has 0 amide bonds. The van der Waals surface area contributed by atoms with Crippen LogP contribution in [0.15, 0.2) is 162 Å². The van der Waals surface area contributed by atoms with E-state index in [0.717, 1.165) is 59.1 Å². The maximum absolute atomic E-state index is 6.24. The predicted octanol–water partition coefficient (Wildman–Crippen LogP) is 13.1. The third-order valence-electron chi connectivity index (χ3n) is 9.81. The van der Waals surface area contributed by atoms with Crippen LogP contribution in [-0.2, 0) is 0 Å². The molecule has 4 heterocycles. The number of fused-ring (bicyclic) bond motifs is 7. The highest BCUT2D eigenvalue weighted by molar-refractivity contribution is 7.26. The number of oxazole rings is 1. The number of nitrogens with zero attached hydrogens (tertiary/aromatic N) is 4. The molecule has 0 aliphatic rings. The number of hydrogen-bond donors (Lipinski definition) is 0. The number of aromatic nitrogens is 4. The molecule has 248 valence electrons. The van der Waals surface area contributed by atoms with Crippen molar-refractivity contribution < 1.29 is 4.42 Å². The molecule has 0 N–H and O–H groups in total. The normalized spacial score (nSPS) is 11.8. The van der Waals surface area contributed by atoms with E-state index in [1.807, 2.05) is 65.9 Å². The zero-order chi connectivity index (χ0) is 34.9. The van der Waals surface area contributed by atoms with Crippen LogP contribution in [-0.4, -0.2) is 19.9 Å². The van der Waals surface area contributed by atoms with E-state index >= 15 is 0 Å². The zero-order valence-electron chi connectivity index (χ0n) is 28.0. The van der Waals surface area contributed by atoms with Gasteiger partial charge >= 0.3 is 0 Å². The molecule has 7 aromatic carbocycles. The summed E-state index contributed by atoms with van der Waals surface area (Å²) >= 11 is 3.58. The quantitative estimate of drug-likeness (QED) is 0.178. The van der Waals surface area contributed by atoms with Crippen LogP contribution < -0.4 is 0 Å². The maximum atomic E-state index is 6.24. The van der Waals surface area contributed by atoms with E-state index in [-0.39, 0.29) is 0 Å². The molecular formula is C46H26N4OS2. The largest absolute Gasteiger partial charge is 0.436 e. The summed E-state index contributed by atoms with van der Waals surface area (Å²) in [6.45, 7) is 0. The summed E-state index contributed by atoms with van der Waals surface area (Å²) < 4.78 is 11.1. The van der Waals surface area contributed by atoms with Crippen molar-refractivity contribution >= 4 is 74.1 Å². The van der Waals surface area contributed by atoms with Gasteiger partial charge in [0.15, 0.2) is 23.1 Å². The standard InChI is InChI=1S/C46H26N4OS2/c1-2-11-28(12-3-1)43-48-44(29-25-23-27(24-26-29)30-14-8-15-32-31-13-4-7-21-38(31)52-41(30)32)50-45(49-43)34-17-10-22-39-40(34)33-16-9-18-35(42(33)53-39)46-47-36-19-5-6-20-37(36)51-46/h1-26H. The third-order valence-corrected chi connectivity index (χ3v) is 12.2. The van der Waals surface area contributed by atoms with E-state index in [1.165, 1.54) is 25.7 Å². The fourth-order valence-corrected chi connectivity index (χ4v) is 9.78. The molecule has 11 rings (SSSR count). The Morgan fingerprint density at radius 2 is 0.962 bits per heavy atom. The topological polar surface area (TPSA) is 64.7 Å². The molecule has 0 aliphatic carbocycles. The van der Waals surface area contributed by atoms with Crippen molar-refractivity contribution in [1.29, 1.82) is 0 Å². The molecule has 0 spiro atoms. The van der Waals surface area contributed by atoms with Gasteiger partial charge in [-0.1, -0.05) is 127 Å². The molecule has 0 fully saturated rings. The molecule has 0 saturated carbocycles. The molecule has 53 heavy (non-hydrogen) atoms. The van der Waals surface area contributed by atoms with E-state index in [0.29, 0.717) is 23.4 Å². The van der Waals surface area contributed by atoms with Gasteiger partial charge in [0.05, 0.1) is 5.56 Å². The van der Waals surface area contributed by atoms with Gasteiger partial charge in [-0.05, 0) is 41.5 Å². The first-order valence-corrected chi connectivity index (χ1v) is 19.0. The van der Waals surface area contributed by atoms with Crippen LogP contribution in [0.2, 0.25) is 0 Å². The van der Waals surface area contributed by atoms with Crippen molar-refractivity contribution in [2.75, 3.05) is 0 Å². The molecule has 0 aliphatic heterocycles. The highest BCUT2D eigenvalue weighted by Gasteiger charge is 2.20. The Kier molecular flexibility index (Phi) is 6.83. The van der Waals surface area contributed by atoms with Crippen molar-refractivity contribution in [3.8, 4) is 56.7 Å². The summed E-state index contributed by atoms with van der Waals surface area (Å²) in [5.74, 6) is 2.51. The number of benzene rings is 7. The van der Waals surface area contributed by atoms with Gasteiger partial charge in [-0.3, -0.25) is 0 Å². The van der Waals surface area contributed by atoms with Crippen molar-refractivity contribution in [2.45, 2.75) is 0 Å². The summed E-state index contributed by atoms with van der Waals surface area (Å²) in [6.07, 6.45) is 0. The monoisotopic (exact) mass is 714 g/mol. The Balaban J connectivity index is 1.06. The molecule has 5 nitrogen and oxygen atoms in total. The fraction of sp³-hybridized carbons (Fsp3) is 0. The highest BCUT2D eigenvalue weighted by atomic mass is 32.1. The lowest BCUT2D eigenvalue weighted by Crippen LogP contribution is -2.00. The summed E-state index contributed by atoms with van der Waals surface area (Å²) in [4.78, 5) is 20.2. The number of rotatable bonds is 5. The van der Waals surface area contributed by atoms with E-state index in [9.17, 15) is 0 Å². The van der Waals surface area contributed by atoms with Gasteiger partial charge in [0.25, 0.3) is 0 Å². The lowest BCUT2D eigenvalue weighted by Gasteiger charge is -2.10. The zero-order valence-corrected chi connectivity index (χ0v) is 29.7. The minimum Gasteiger partial charge on any atom is -0.436 e. The molecule has 0 radical (unpaired) electrons. The van der Waals surface area contributed by atoms with Crippen molar-refractivity contribution in [1.82, 2.24) is 19.9 Å². The van der Waals surface area contributed by atoms with Crippen LogP contribution in [0.4, 0.5) is 0 Å². The second kappa shape index (κ2) is 12.0. The minimum atomic E-state index is 0.616. The maximum Gasteiger partial charge on any atom is 0.228 e. The van der Waals surface area contributed by atoms with Gasteiger partial charge in [0.1, 0.15) is 5.52 Å². The molecule has 0 saturated heterocycles. The molecule has 4 aromatic heterocycles. The Bertz CT molecular complexity index is 3150. The Morgan fingerprint density at radius 3 is 1.81 bits per heavy atom. The van der Waals surface area contributed by atoms with Gasteiger partial charge in [-0.25, -0.2) is 19.9 Å². The number of hydrogen-bond acceptors (Lipinski definition) is 7. The first-order valence-electron chi connectivity index (χ1n) is 17.4. The molecule has 11 aromatic rings. The van der Waals surface area contributed by atoms with Crippen molar-refractivity contribution in [3.05, 3.63) is 158 Å². The average molecular weight is 715 g/mol. The van der Waals surface area contributed by atoms with Crippen LogP contribution in [0, 0.1) is 0 Å². The summed E-state index contributed by atoms with van der Waals surface area (Å²) in [6, 6.07) is 54.5. The third kappa shape index (κ3) is 4.97. The molecule has 7 heteroatoms. The van der Waals surface area contributed by atoms with E-state index in [4.69, 9.17) is 24.4 Å². The summed E-state index contributed by atoms with van der Waals surface area (Å²) in [5, 5.41) is 4.81. The van der Waals surface area contributed by atoms with Crippen LogP contribution >= 0.6 is 22.7 Å². The lowest BCUT2D eigenvalue weighted by atomic mass is 10.0. The van der Waals surface area contributed by atoms with Crippen LogP contribution in [0.1, 0.15) is 0 Å². The average Bonchev–Trinajstić information content (AvgIpc) is 3.94. The highest BCUT2D eigenvalue weighted by Crippen LogP contribution is 2.44. The first-order chi connectivity index (χ1) is 26.2. The molecule has 0 bridgehead atoms. The Morgan fingerprint density at radius 1 is 0.377 bits per heavy atom. The molecular weight excluding hydrogens is 689 g/mol. The summed E-state index contributed by atoms with van der Waals surface area (Å²) in [5.41, 5.74) is 7.80. The number of para-hydroxylation sites is 2. The van der Waals surface area contributed by atoms with Gasteiger partial charge in [0, 0.05) is 57.0 Å². The molecule has 0 unspecified atom stereocenters. The Hall–Kier alpha value is -6.54. The van der Waals surface area contributed by atoms with Crippen molar-refractivity contribution in [3.63, 3.8) is 0 Å². The van der Waals surface area contributed by atoms with E-state index in [2.05, 4.69) is 103 Å². The van der Waals surface area contributed by atoms with E-state index < -0.39 is 0 Å². The number of thiophene rings is 2. The summed E-state index contributed by atoms with van der Waals surface area (Å²) in [7, 11) is 0. The second-order valence-electron chi connectivity index (χ2n) is 13.0.